The molecule has 0 unspecified atom stereocenters. The van der Waals surface area contributed by atoms with Crippen LogP contribution in [0.3, 0.4) is 0 Å². The molecule has 4 nitrogen and oxygen atoms in total. The lowest BCUT2D eigenvalue weighted by Crippen LogP contribution is -2.45. The van der Waals surface area contributed by atoms with Gasteiger partial charge < -0.3 is 15.2 Å². The molecule has 1 aliphatic rings. The van der Waals surface area contributed by atoms with Gasteiger partial charge in [-0.15, -0.1) is 31.4 Å². The minimum atomic E-state index is 0. The van der Waals surface area contributed by atoms with E-state index in [1.165, 1.54) is 0 Å². The largest absolute Gasteiger partial charge is 0.506 e. The number of aromatic hydroxyl groups is 1. The molecule has 0 bridgehead atoms. The first-order valence-electron chi connectivity index (χ1n) is 6.79. The number of nitrogens with one attached hydrogen (secondary N) is 1. The van der Waals surface area contributed by atoms with Crippen LogP contribution in [0.4, 0.5) is 0 Å². The van der Waals surface area contributed by atoms with Gasteiger partial charge in [0.2, 0.25) is 0 Å². The SMILES string of the molecule is C=CC[C@H](c1cc(OC)cc(Br)c1O)N1CCNCC1.Cl.Cl. The molecule has 0 spiro atoms. The topological polar surface area (TPSA) is 44.7 Å². The average Bonchev–Trinajstić information content (AvgIpc) is 2.48. The minimum absolute atomic E-state index is 0. The van der Waals surface area contributed by atoms with Crippen molar-refractivity contribution in [1.82, 2.24) is 10.2 Å². The van der Waals surface area contributed by atoms with Gasteiger partial charge in [-0.2, -0.15) is 0 Å². The van der Waals surface area contributed by atoms with Gasteiger partial charge in [-0.3, -0.25) is 4.90 Å². The number of ether oxygens (including phenoxy) is 1. The third-order valence-electron chi connectivity index (χ3n) is 3.64. The van der Waals surface area contributed by atoms with Crippen LogP contribution < -0.4 is 10.1 Å². The van der Waals surface area contributed by atoms with Crippen molar-refractivity contribution in [3.63, 3.8) is 0 Å². The highest BCUT2D eigenvalue weighted by Crippen LogP contribution is 2.39. The number of methoxy groups -OCH3 is 1. The van der Waals surface area contributed by atoms with Crippen molar-refractivity contribution in [3.8, 4) is 11.5 Å². The lowest BCUT2D eigenvalue weighted by atomic mass is 9.99. The Hall–Kier alpha value is -0.460. The minimum Gasteiger partial charge on any atom is -0.506 e. The van der Waals surface area contributed by atoms with Gasteiger partial charge in [0, 0.05) is 37.8 Å². The second kappa shape index (κ2) is 10.3. The van der Waals surface area contributed by atoms with Crippen LogP contribution in [0.25, 0.3) is 0 Å². The second-order valence-corrected chi connectivity index (χ2v) is 5.73. The summed E-state index contributed by atoms with van der Waals surface area (Å²) in [5.41, 5.74) is 0.887. The maximum Gasteiger partial charge on any atom is 0.134 e. The summed E-state index contributed by atoms with van der Waals surface area (Å²) in [7, 11) is 1.63. The van der Waals surface area contributed by atoms with Gasteiger partial charge in [-0.05, 0) is 34.5 Å². The fraction of sp³-hybridized carbons (Fsp3) is 0.467. The number of phenolic OH excluding ortho intramolecular Hbond substituents is 1. The Morgan fingerprint density at radius 2 is 2.05 bits per heavy atom. The van der Waals surface area contributed by atoms with E-state index < -0.39 is 0 Å². The molecule has 126 valence electrons. The van der Waals surface area contributed by atoms with E-state index in [2.05, 4.69) is 32.7 Å². The van der Waals surface area contributed by atoms with Gasteiger partial charge in [0.15, 0.2) is 0 Å². The first-order valence-corrected chi connectivity index (χ1v) is 7.58. The Kier molecular flexibility index (Phi) is 10.1. The summed E-state index contributed by atoms with van der Waals surface area (Å²) < 4.78 is 5.97. The quantitative estimate of drug-likeness (QED) is 0.724. The van der Waals surface area contributed by atoms with E-state index in [9.17, 15) is 5.11 Å². The highest BCUT2D eigenvalue weighted by molar-refractivity contribution is 9.10. The molecule has 0 aliphatic carbocycles. The predicted molar refractivity (Wildman–Crippen MR) is 98.9 cm³/mol. The van der Waals surface area contributed by atoms with Crippen LogP contribution in [0.2, 0.25) is 0 Å². The molecule has 1 aromatic rings. The molecule has 1 aromatic carbocycles. The van der Waals surface area contributed by atoms with E-state index in [4.69, 9.17) is 4.74 Å². The van der Waals surface area contributed by atoms with Crippen molar-refractivity contribution < 1.29 is 9.84 Å². The van der Waals surface area contributed by atoms with Crippen LogP contribution in [-0.2, 0) is 0 Å². The number of rotatable bonds is 5. The number of hydrogen-bond donors (Lipinski definition) is 2. The molecule has 2 rings (SSSR count). The van der Waals surface area contributed by atoms with E-state index in [1.807, 2.05) is 12.1 Å². The standard InChI is InChI=1S/C15H21BrN2O2.2ClH/c1-3-4-14(18-7-5-17-6-8-18)12-9-11(20-2)10-13(16)15(12)19;;/h3,9-10,14,17,19H,1,4-8H2,2H3;2*1H/t14-;;/m1../s1. The highest BCUT2D eigenvalue weighted by Gasteiger charge is 2.25. The summed E-state index contributed by atoms with van der Waals surface area (Å²) in [6, 6.07) is 3.82. The number of phenols is 1. The zero-order chi connectivity index (χ0) is 14.5. The molecular formula is C15H23BrCl2N2O2. The monoisotopic (exact) mass is 412 g/mol. The van der Waals surface area contributed by atoms with Gasteiger partial charge in [0.25, 0.3) is 0 Å². The number of nitrogens with zero attached hydrogens (tertiary/aromatic N) is 1. The number of halogens is 3. The van der Waals surface area contributed by atoms with Crippen LogP contribution in [0.1, 0.15) is 18.0 Å². The zero-order valence-corrected chi connectivity index (χ0v) is 15.8. The Morgan fingerprint density at radius 1 is 1.41 bits per heavy atom. The van der Waals surface area contributed by atoms with Crippen molar-refractivity contribution in [3.05, 3.63) is 34.8 Å². The fourth-order valence-corrected chi connectivity index (χ4v) is 3.05. The molecule has 22 heavy (non-hydrogen) atoms. The lowest BCUT2D eigenvalue weighted by Gasteiger charge is -2.35. The first-order chi connectivity index (χ1) is 9.67. The highest BCUT2D eigenvalue weighted by atomic mass is 79.9. The Bertz CT molecular complexity index is 483. The van der Waals surface area contributed by atoms with Gasteiger partial charge in [-0.1, -0.05) is 6.08 Å². The number of benzene rings is 1. The van der Waals surface area contributed by atoms with Crippen LogP contribution in [0.15, 0.2) is 29.3 Å². The van der Waals surface area contributed by atoms with E-state index in [1.54, 1.807) is 13.2 Å². The van der Waals surface area contributed by atoms with Crippen molar-refractivity contribution in [2.24, 2.45) is 0 Å². The summed E-state index contributed by atoms with van der Waals surface area (Å²) in [5, 5.41) is 13.7. The molecule has 0 saturated carbocycles. The molecule has 2 N–H and O–H groups in total. The molecule has 0 aromatic heterocycles. The van der Waals surface area contributed by atoms with Crippen LogP contribution in [0, 0.1) is 0 Å². The van der Waals surface area contributed by atoms with Crippen molar-refractivity contribution in [1.29, 1.82) is 0 Å². The molecule has 0 radical (unpaired) electrons. The number of piperazine rings is 1. The molecular weight excluding hydrogens is 391 g/mol. The van der Waals surface area contributed by atoms with Gasteiger partial charge in [-0.25, -0.2) is 0 Å². The average molecular weight is 414 g/mol. The summed E-state index contributed by atoms with van der Waals surface area (Å²) in [6.45, 7) is 7.72. The number of hydrogen-bond acceptors (Lipinski definition) is 4. The van der Waals surface area contributed by atoms with Gasteiger partial charge in [0.05, 0.1) is 11.6 Å². The van der Waals surface area contributed by atoms with E-state index in [-0.39, 0.29) is 36.6 Å². The van der Waals surface area contributed by atoms with Gasteiger partial charge >= 0.3 is 0 Å². The molecule has 1 heterocycles. The summed E-state index contributed by atoms with van der Waals surface area (Å²) in [6.07, 6.45) is 2.70. The van der Waals surface area contributed by atoms with E-state index in [0.29, 0.717) is 4.47 Å². The predicted octanol–water partition coefficient (Wildman–Crippen LogP) is 3.53. The second-order valence-electron chi connectivity index (χ2n) is 4.87. The van der Waals surface area contributed by atoms with Crippen LogP contribution in [0.5, 0.6) is 11.5 Å². The van der Waals surface area contributed by atoms with Crippen molar-refractivity contribution in [2.75, 3.05) is 33.3 Å². The Balaban J connectivity index is 0.00000220. The maximum absolute atomic E-state index is 10.4. The van der Waals surface area contributed by atoms with Crippen molar-refractivity contribution >= 4 is 40.7 Å². The van der Waals surface area contributed by atoms with E-state index >= 15 is 0 Å². The third-order valence-corrected chi connectivity index (χ3v) is 4.25. The zero-order valence-electron chi connectivity index (χ0n) is 12.5. The normalized spacial score (nSPS) is 16.1. The summed E-state index contributed by atoms with van der Waals surface area (Å²) in [4.78, 5) is 2.37. The Labute approximate surface area is 152 Å². The summed E-state index contributed by atoms with van der Waals surface area (Å²) >= 11 is 3.39. The molecule has 1 atom stereocenters. The lowest BCUT2D eigenvalue weighted by molar-refractivity contribution is 0.171. The van der Waals surface area contributed by atoms with Crippen LogP contribution >= 0.6 is 40.7 Å². The van der Waals surface area contributed by atoms with E-state index in [0.717, 1.165) is 43.9 Å². The molecule has 1 saturated heterocycles. The fourth-order valence-electron chi connectivity index (χ4n) is 2.59. The molecule has 7 heteroatoms. The molecule has 0 amide bonds. The smallest absolute Gasteiger partial charge is 0.134 e. The Morgan fingerprint density at radius 3 is 2.59 bits per heavy atom. The molecule has 1 fully saturated rings. The maximum atomic E-state index is 10.4. The first kappa shape index (κ1) is 21.5. The van der Waals surface area contributed by atoms with Crippen LogP contribution in [-0.4, -0.2) is 43.3 Å². The third kappa shape index (κ3) is 5.03. The summed E-state index contributed by atoms with van der Waals surface area (Å²) in [5.74, 6) is 1.03. The van der Waals surface area contributed by atoms with Gasteiger partial charge in [0.1, 0.15) is 11.5 Å². The van der Waals surface area contributed by atoms with Crippen molar-refractivity contribution in [2.45, 2.75) is 12.5 Å². The molecule has 1 aliphatic heterocycles.